The van der Waals surface area contributed by atoms with E-state index in [9.17, 15) is 13.6 Å². The summed E-state index contributed by atoms with van der Waals surface area (Å²) >= 11 is 0. The lowest BCUT2D eigenvalue weighted by molar-refractivity contribution is 0.167. The van der Waals surface area contributed by atoms with E-state index >= 15 is 0 Å². The molecule has 0 aromatic heterocycles. The number of halogens is 2. The van der Waals surface area contributed by atoms with Crippen LogP contribution in [0.3, 0.4) is 0 Å². The van der Waals surface area contributed by atoms with Crippen LogP contribution in [0.1, 0.15) is 57.4 Å². The first-order chi connectivity index (χ1) is 14.6. The Bertz CT molecular complexity index is 811. The molecule has 7 heteroatoms. The lowest BCUT2D eigenvalue weighted by Gasteiger charge is -2.07. The third-order valence-corrected chi connectivity index (χ3v) is 4.40. The van der Waals surface area contributed by atoms with Crippen LogP contribution in [-0.2, 0) is 4.84 Å². The predicted octanol–water partition coefficient (Wildman–Crippen LogP) is 6.68. The van der Waals surface area contributed by atoms with E-state index in [4.69, 9.17) is 4.74 Å². The lowest BCUT2D eigenvalue weighted by Crippen LogP contribution is -2.10. The number of anilines is 1. The van der Waals surface area contributed by atoms with Gasteiger partial charge in [-0.25, -0.2) is 13.6 Å². The van der Waals surface area contributed by atoms with Gasteiger partial charge in [0, 0.05) is 5.69 Å². The van der Waals surface area contributed by atoms with Crippen LogP contribution >= 0.6 is 0 Å². The molecule has 0 unspecified atom stereocenters. The van der Waals surface area contributed by atoms with Gasteiger partial charge < -0.3 is 4.74 Å². The maximum Gasteiger partial charge on any atom is 0.437 e. The molecule has 5 nitrogen and oxygen atoms in total. The van der Waals surface area contributed by atoms with Crippen LogP contribution in [0, 0.1) is 11.6 Å². The number of ether oxygens (including phenoxy) is 1. The fourth-order valence-corrected chi connectivity index (χ4v) is 2.75. The molecular formula is C23H28F2N2O3. The molecular weight excluding hydrogens is 390 g/mol. The molecule has 0 saturated heterocycles. The first kappa shape index (κ1) is 23.3. The zero-order chi connectivity index (χ0) is 21.6. The van der Waals surface area contributed by atoms with Gasteiger partial charge in [-0.1, -0.05) is 56.7 Å². The van der Waals surface area contributed by atoms with Crippen molar-refractivity contribution in [1.82, 2.24) is 0 Å². The molecule has 162 valence electrons. The van der Waals surface area contributed by atoms with Crippen molar-refractivity contribution in [3.63, 3.8) is 0 Å². The molecule has 0 radical (unpaired) electrons. The van der Waals surface area contributed by atoms with Crippen LogP contribution in [0.25, 0.3) is 0 Å². The second-order valence-corrected chi connectivity index (χ2v) is 6.91. The molecule has 0 heterocycles. The van der Waals surface area contributed by atoms with Gasteiger partial charge >= 0.3 is 6.09 Å². The van der Waals surface area contributed by atoms with E-state index < -0.39 is 17.7 Å². The molecule has 2 aromatic rings. The Morgan fingerprint density at radius 1 is 0.967 bits per heavy atom. The number of amides is 1. The molecule has 0 aliphatic heterocycles. The van der Waals surface area contributed by atoms with E-state index in [0.717, 1.165) is 30.5 Å². The summed E-state index contributed by atoms with van der Waals surface area (Å²) in [5.41, 5.74) is 0.787. The standard InChI is InChI=1S/C23H28F2N2O3/c1-2-3-4-5-6-7-8-15-29-20-12-10-19(11-13-20)27-23(28)30-26-17-18-9-14-21(24)22(25)16-18/h9-14,16-17H,2-8,15H2,1H3,(H,27,28). The Kier molecular flexibility index (Phi) is 10.3. The number of rotatable bonds is 12. The Morgan fingerprint density at radius 3 is 2.37 bits per heavy atom. The normalized spacial score (nSPS) is 10.9. The zero-order valence-corrected chi connectivity index (χ0v) is 17.2. The highest BCUT2D eigenvalue weighted by molar-refractivity contribution is 5.85. The van der Waals surface area contributed by atoms with E-state index in [1.807, 2.05) is 0 Å². The minimum Gasteiger partial charge on any atom is -0.494 e. The predicted molar refractivity (Wildman–Crippen MR) is 114 cm³/mol. The van der Waals surface area contributed by atoms with Crippen molar-refractivity contribution < 1.29 is 23.1 Å². The monoisotopic (exact) mass is 418 g/mol. The molecule has 0 spiro atoms. The summed E-state index contributed by atoms with van der Waals surface area (Å²) in [5, 5.41) is 5.97. The van der Waals surface area contributed by atoms with Crippen molar-refractivity contribution in [2.75, 3.05) is 11.9 Å². The van der Waals surface area contributed by atoms with Crippen LogP contribution in [-0.4, -0.2) is 18.9 Å². The summed E-state index contributed by atoms with van der Waals surface area (Å²) in [7, 11) is 0. The molecule has 30 heavy (non-hydrogen) atoms. The van der Waals surface area contributed by atoms with Gasteiger partial charge in [0.15, 0.2) is 11.6 Å². The average Bonchev–Trinajstić information content (AvgIpc) is 2.74. The summed E-state index contributed by atoms with van der Waals surface area (Å²) in [6, 6.07) is 10.2. The highest BCUT2D eigenvalue weighted by atomic mass is 19.2. The van der Waals surface area contributed by atoms with Gasteiger partial charge in [0.05, 0.1) is 12.8 Å². The quantitative estimate of drug-likeness (QED) is 0.181. The minimum atomic E-state index is -1.00. The fourth-order valence-electron chi connectivity index (χ4n) is 2.75. The number of carbonyl (C=O) groups is 1. The molecule has 0 saturated carbocycles. The molecule has 1 amide bonds. The average molecular weight is 418 g/mol. The van der Waals surface area contributed by atoms with Gasteiger partial charge in [-0.3, -0.25) is 10.2 Å². The Labute approximate surface area is 176 Å². The Balaban J connectivity index is 1.65. The summed E-state index contributed by atoms with van der Waals surface area (Å²) in [5.74, 6) is -1.23. The molecule has 0 fully saturated rings. The molecule has 2 rings (SSSR count). The van der Waals surface area contributed by atoms with Crippen LogP contribution in [0.15, 0.2) is 47.6 Å². The van der Waals surface area contributed by atoms with Gasteiger partial charge in [0.2, 0.25) is 0 Å². The lowest BCUT2D eigenvalue weighted by atomic mass is 10.1. The fraction of sp³-hybridized carbons (Fsp3) is 0.391. The SMILES string of the molecule is CCCCCCCCCOc1ccc(NC(=O)ON=Cc2ccc(F)c(F)c2)cc1. The minimum absolute atomic E-state index is 0.268. The van der Waals surface area contributed by atoms with E-state index in [1.54, 1.807) is 24.3 Å². The summed E-state index contributed by atoms with van der Waals surface area (Å²) in [6.07, 6.45) is 8.91. The van der Waals surface area contributed by atoms with Crippen molar-refractivity contribution in [3.05, 3.63) is 59.7 Å². The maximum atomic E-state index is 13.1. The van der Waals surface area contributed by atoms with Crippen LogP contribution in [0.2, 0.25) is 0 Å². The van der Waals surface area contributed by atoms with E-state index in [2.05, 4.69) is 22.2 Å². The van der Waals surface area contributed by atoms with E-state index in [0.29, 0.717) is 12.3 Å². The molecule has 0 bridgehead atoms. The zero-order valence-electron chi connectivity index (χ0n) is 17.2. The number of hydrogen-bond acceptors (Lipinski definition) is 4. The molecule has 0 aliphatic carbocycles. The van der Waals surface area contributed by atoms with Crippen molar-refractivity contribution in [2.45, 2.75) is 51.9 Å². The second kappa shape index (κ2) is 13.3. The summed E-state index contributed by atoms with van der Waals surface area (Å²) in [6.45, 7) is 2.88. The number of hydrogen-bond donors (Lipinski definition) is 1. The van der Waals surface area contributed by atoms with Crippen molar-refractivity contribution in [1.29, 1.82) is 0 Å². The Hall–Kier alpha value is -2.96. The number of benzene rings is 2. The van der Waals surface area contributed by atoms with Gasteiger partial charge in [-0.15, -0.1) is 0 Å². The van der Waals surface area contributed by atoms with Crippen molar-refractivity contribution >= 4 is 18.0 Å². The molecule has 0 atom stereocenters. The second-order valence-electron chi connectivity index (χ2n) is 6.91. The first-order valence-corrected chi connectivity index (χ1v) is 10.3. The highest BCUT2D eigenvalue weighted by Gasteiger charge is 2.04. The number of nitrogens with zero attached hydrogens (tertiary/aromatic N) is 1. The molecule has 0 aliphatic rings. The number of unbranched alkanes of at least 4 members (excludes halogenated alkanes) is 6. The number of carbonyl (C=O) groups excluding carboxylic acids is 1. The maximum absolute atomic E-state index is 13.1. The van der Waals surface area contributed by atoms with Crippen LogP contribution < -0.4 is 10.1 Å². The van der Waals surface area contributed by atoms with Crippen molar-refractivity contribution in [2.24, 2.45) is 5.16 Å². The van der Waals surface area contributed by atoms with Gasteiger partial charge in [-0.05, 0) is 48.4 Å². The third-order valence-electron chi connectivity index (χ3n) is 4.40. The van der Waals surface area contributed by atoms with Gasteiger partial charge in [0.1, 0.15) is 5.75 Å². The smallest absolute Gasteiger partial charge is 0.437 e. The number of nitrogens with one attached hydrogen (secondary N) is 1. The van der Waals surface area contributed by atoms with Gasteiger partial charge in [0.25, 0.3) is 0 Å². The Morgan fingerprint density at radius 2 is 1.67 bits per heavy atom. The summed E-state index contributed by atoms with van der Waals surface area (Å²) < 4.78 is 31.6. The van der Waals surface area contributed by atoms with E-state index in [-0.39, 0.29) is 5.56 Å². The number of oxime groups is 1. The van der Waals surface area contributed by atoms with Crippen LogP contribution in [0.5, 0.6) is 5.75 Å². The molecule has 1 N–H and O–H groups in total. The highest BCUT2D eigenvalue weighted by Crippen LogP contribution is 2.17. The van der Waals surface area contributed by atoms with Crippen LogP contribution in [0.4, 0.5) is 19.3 Å². The third kappa shape index (κ3) is 9.03. The molecule has 2 aromatic carbocycles. The largest absolute Gasteiger partial charge is 0.494 e. The van der Waals surface area contributed by atoms with Gasteiger partial charge in [-0.2, -0.15) is 0 Å². The first-order valence-electron chi connectivity index (χ1n) is 10.3. The topological polar surface area (TPSA) is 59.9 Å². The van der Waals surface area contributed by atoms with E-state index in [1.165, 1.54) is 44.6 Å². The van der Waals surface area contributed by atoms with Crippen molar-refractivity contribution in [3.8, 4) is 5.75 Å². The summed E-state index contributed by atoms with van der Waals surface area (Å²) in [4.78, 5) is 16.4.